The summed E-state index contributed by atoms with van der Waals surface area (Å²) in [6.45, 7) is 4.40. The lowest BCUT2D eigenvalue weighted by Gasteiger charge is -2.05. The summed E-state index contributed by atoms with van der Waals surface area (Å²) >= 11 is 0. The predicted octanol–water partition coefficient (Wildman–Crippen LogP) is 1.89. The molecule has 0 saturated carbocycles. The summed E-state index contributed by atoms with van der Waals surface area (Å²) in [6, 6.07) is 7.48. The Kier molecular flexibility index (Phi) is 4.40. The maximum absolute atomic E-state index is 11.9. The number of aromatic amines is 1. The van der Waals surface area contributed by atoms with E-state index in [4.69, 9.17) is 4.74 Å². The lowest BCUT2D eigenvalue weighted by atomic mass is 10.1. The SMILES string of the molecule is COc1ccc(CC(=O)NCc2n[nH]c(C)c2C)cc1. The molecule has 0 aliphatic carbocycles. The Morgan fingerprint density at radius 2 is 2.00 bits per heavy atom. The van der Waals surface area contributed by atoms with Crippen LogP contribution in [0.15, 0.2) is 24.3 Å². The van der Waals surface area contributed by atoms with E-state index in [-0.39, 0.29) is 5.91 Å². The van der Waals surface area contributed by atoms with Gasteiger partial charge in [0.05, 0.1) is 25.8 Å². The van der Waals surface area contributed by atoms with Crippen molar-refractivity contribution in [1.29, 1.82) is 0 Å². The van der Waals surface area contributed by atoms with Crippen LogP contribution in [-0.2, 0) is 17.8 Å². The third-order valence-corrected chi connectivity index (χ3v) is 3.33. The summed E-state index contributed by atoms with van der Waals surface area (Å²) < 4.78 is 5.08. The molecule has 0 bridgehead atoms. The van der Waals surface area contributed by atoms with E-state index in [2.05, 4.69) is 15.5 Å². The van der Waals surface area contributed by atoms with Crippen LogP contribution in [0.4, 0.5) is 0 Å². The average molecular weight is 273 g/mol. The van der Waals surface area contributed by atoms with E-state index >= 15 is 0 Å². The third kappa shape index (κ3) is 3.38. The quantitative estimate of drug-likeness (QED) is 0.874. The van der Waals surface area contributed by atoms with Crippen LogP contribution >= 0.6 is 0 Å². The molecule has 2 aromatic rings. The maximum Gasteiger partial charge on any atom is 0.224 e. The van der Waals surface area contributed by atoms with Gasteiger partial charge in [-0.15, -0.1) is 0 Å². The molecular weight excluding hydrogens is 254 g/mol. The van der Waals surface area contributed by atoms with Gasteiger partial charge in [-0.05, 0) is 37.1 Å². The standard InChI is InChI=1S/C15H19N3O2/c1-10-11(2)17-18-14(10)9-16-15(19)8-12-4-6-13(20-3)7-5-12/h4-7H,8-9H2,1-3H3,(H,16,19)(H,17,18). The van der Waals surface area contributed by atoms with E-state index < -0.39 is 0 Å². The lowest BCUT2D eigenvalue weighted by molar-refractivity contribution is -0.120. The van der Waals surface area contributed by atoms with Crippen LogP contribution in [-0.4, -0.2) is 23.2 Å². The minimum atomic E-state index is -0.0183. The number of H-pyrrole nitrogens is 1. The van der Waals surface area contributed by atoms with Crippen LogP contribution < -0.4 is 10.1 Å². The molecular formula is C15H19N3O2. The first-order valence-electron chi connectivity index (χ1n) is 6.50. The first-order valence-corrected chi connectivity index (χ1v) is 6.50. The number of aryl methyl sites for hydroxylation is 1. The van der Waals surface area contributed by atoms with Gasteiger partial charge in [0, 0.05) is 5.69 Å². The highest BCUT2D eigenvalue weighted by Crippen LogP contribution is 2.12. The zero-order valence-corrected chi connectivity index (χ0v) is 12.0. The first kappa shape index (κ1) is 14.1. The molecule has 0 spiro atoms. The van der Waals surface area contributed by atoms with Crippen LogP contribution in [0.3, 0.4) is 0 Å². The lowest BCUT2D eigenvalue weighted by Crippen LogP contribution is -2.25. The zero-order chi connectivity index (χ0) is 14.5. The minimum Gasteiger partial charge on any atom is -0.497 e. The summed E-state index contributed by atoms with van der Waals surface area (Å²) in [5, 5.41) is 9.95. The fourth-order valence-electron chi connectivity index (χ4n) is 1.88. The molecule has 1 aromatic carbocycles. The Bertz CT molecular complexity index is 588. The number of nitrogens with zero attached hydrogens (tertiary/aromatic N) is 1. The second kappa shape index (κ2) is 6.23. The number of benzene rings is 1. The van der Waals surface area contributed by atoms with Crippen LogP contribution in [0.2, 0.25) is 0 Å². The van der Waals surface area contributed by atoms with Gasteiger partial charge in [-0.3, -0.25) is 9.89 Å². The van der Waals surface area contributed by atoms with Gasteiger partial charge in [0.25, 0.3) is 0 Å². The van der Waals surface area contributed by atoms with Crippen molar-refractivity contribution >= 4 is 5.91 Å². The van der Waals surface area contributed by atoms with Gasteiger partial charge >= 0.3 is 0 Å². The van der Waals surface area contributed by atoms with Gasteiger partial charge in [-0.1, -0.05) is 12.1 Å². The highest BCUT2D eigenvalue weighted by molar-refractivity contribution is 5.78. The zero-order valence-electron chi connectivity index (χ0n) is 12.0. The number of carbonyl (C=O) groups excluding carboxylic acids is 1. The van der Waals surface area contributed by atoms with Crippen molar-refractivity contribution in [2.24, 2.45) is 0 Å². The van der Waals surface area contributed by atoms with Gasteiger partial charge in [-0.25, -0.2) is 0 Å². The molecule has 5 heteroatoms. The smallest absolute Gasteiger partial charge is 0.224 e. The van der Waals surface area contributed by atoms with Gasteiger partial charge in [0.15, 0.2) is 0 Å². The van der Waals surface area contributed by atoms with Crippen molar-refractivity contribution in [2.75, 3.05) is 7.11 Å². The van der Waals surface area contributed by atoms with Crippen molar-refractivity contribution in [3.63, 3.8) is 0 Å². The third-order valence-electron chi connectivity index (χ3n) is 3.33. The van der Waals surface area contributed by atoms with Gasteiger partial charge < -0.3 is 10.1 Å². The molecule has 0 aliphatic rings. The summed E-state index contributed by atoms with van der Waals surface area (Å²) in [5.74, 6) is 0.770. The van der Waals surface area contributed by atoms with Crippen LogP contribution in [0.1, 0.15) is 22.5 Å². The van der Waals surface area contributed by atoms with E-state index in [1.807, 2.05) is 38.1 Å². The Morgan fingerprint density at radius 3 is 2.55 bits per heavy atom. The molecule has 0 fully saturated rings. The van der Waals surface area contributed by atoms with E-state index in [9.17, 15) is 4.79 Å². The summed E-state index contributed by atoms with van der Waals surface area (Å²) in [4.78, 5) is 11.9. The van der Waals surface area contributed by atoms with Crippen molar-refractivity contribution in [3.05, 3.63) is 46.8 Å². The number of methoxy groups -OCH3 is 1. The maximum atomic E-state index is 11.9. The Hall–Kier alpha value is -2.30. The summed E-state index contributed by atoms with van der Waals surface area (Å²) in [6.07, 6.45) is 0.354. The Balaban J connectivity index is 1.87. The molecule has 0 atom stereocenters. The van der Waals surface area contributed by atoms with Crippen LogP contribution in [0, 0.1) is 13.8 Å². The van der Waals surface area contributed by atoms with E-state index in [0.717, 1.165) is 28.3 Å². The number of rotatable bonds is 5. The number of ether oxygens (including phenoxy) is 1. The van der Waals surface area contributed by atoms with Crippen molar-refractivity contribution in [1.82, 2.24) is 15.5 Å². The molecule has 2 N–H and O–H groups in total. The normalized spacial score (nSPS) is 10.3. The van der Waals surface area contributed by atoms with E-state index in [1.165, 1.54) is 0 Å². The monoisotopic (exact) mass is 273 g/mol. The molecule has 1 aromatic heterocycles. The topological polar surface area (TPSA) is 67.0 Å². The molecule has 5 nitrogen and oxygen atoms in total. The molecule has 1 amide bonds. The first-order chi connectivity index (χ1) is 9.60. The van der Waals surface area contributed by atoms with Gasteiger partial charge in [0.1, 0.15) is 5.75 Å². The fraction of sp³-hybridized carbons (Fsp3) is 0.333. The van der Waals surface area contributed by atoms with Gasteiger partial charge in [-0.2, -0.15) is 5.10 Å². The average Bonchev–Trinajstić information content (AvgIpc) is 2.77. The number of hydrogen-bond acceptors (Lipinski definition) is 3. The molecule has 0 saturated heterocycles. The van der Waals surface area contributed by atoms with Crippen molar-refractivity contribution in [3.8, 4) is 5.75 Å². The predicted molar refractivity (Wildman–Crippen MR) is 76.6 cm³/mol. The molecule has 2 rings (SSSR count). The van der Waals surface area contributed by atoms with Crippen molar-refractivity contribution in [2.45, 2.75) is 26.8 Å². The molecule has 0 radical (unpaired) electrons. The van der Waals surface area contributed by atoms with Gasteiger partial charge in [0.2, 0.25) is 5.91 Å². The Morgan fingerprint density at radius 1 is 1.30 bits per heavy atom. The highest BCUT2D eigenvalue weighted by atomic mass is 16.5. The molecule has 0 unspecified atom stereocenters. The van der Waals surface area contributed by atoms with Crippen molar-refractivity contribution < 1.29 is 9.53 Å². The molecule has 1 heterocycles. The second-order valence-electron chi connectivity index (χ2n) is 4.72. The molecule has 106 valence electrons. The molecule has 20 heavy (non-hydrogen) atoms. The summed E-state index contributed by atoms with van der Waals surface area (Å²) in [5.41, 5.74) is 3.96. The number of hydrogen-bond donors (Lipinski definition) is 2. The Labute approximate surface area is 118 Å². The largest absolute Gasteiger partial charge is 0.497 e. The summed E-state index contributed by atoms with van der Waals surface area (Å²) in [7, 11) is 1.62. The minimum absolute atomic E-state index is 0.0183. The highest BCUT2D eigenvalue weighted by Gasteiger charge is 2.08. The number of amides is 1. The van der Waals surface area contributed by atoms with E-state index in [0.29, 0.717) is 13.0 Å². The van der Waals surface area contributed by atoms with E-state index in [1.54, 1.807) is 7.11 Å². The second-order valence-corrected chi connectivity index (χ2v) is 4.72. The number of nitrogens with one attached hydrogen (secondary N) is 2. The molecule has 0 aliphatic heterocycles. The van der Waals surface area contributed by atoms with Crippen LogP contribution in [0.5, 0.6) is 5.75 Å². The fourth-order valence-corrected chi connectivity index (χ4v) is 1.88. The number of aromatic nitrogens is 2. The number of carbonyl (C=O) groups is 1. The van der Waals surface area contributed by atoms with Crippen LogP contribution in [0.25, 0.3) is 0 Å².